The van der Waals surface area contributed by atoms with Crippen LogP contribution in [-0.2, 0) is 11.3 Å². The van der Waals surface area contributed by atoms with Crippen LogP contribution in [0, 0.1) is 6.92 Å². The molecule has 0 saturated heterocycles. The van der Waals surface area contributed by atoms with Crippen LogP contribution in [0.4, 0.5) is 5.82 Å². The maximum absolute atomic E-state index is 11.4. The van der Waals surface area contributed by atoms with Crippen LogP contribution in [-0.4, -0.2) is 32.6 Å². The van der Waals surface area contributed by atoms with E-state index in [0.717, 1.165) is 5.82 Å². The zero-order valence-electron chi connectivity index (χ0n) is 9.60. The van der Waals surface area contributed by atoms with Crippen molar-refractivity contribution >= 4 is 11.8 Å². The standard InChI is InChI=1S/C10H13N5O2/c1-6-14-8(10(16)17-2)9(11)15(6)5-7-12-3-4-13-7/h3-4H,5,11H2,1-2H3,(H,12,13). The lowest BCUT2D eigenvalue weighted by atomic mass is 10.4. The highest BCUT2D eigenvalue weighted by atomic mass is 16.5. The zero-order chi connectivity index (χ0) is 12.4. The molecule has 2 rings (SSSR count). The number of nitrogens with one attached hydrogen (secondary N) is 1. The van der Waals surface area contributed by atoms with Crippen LogP contribution in [0.2, 0.25) is 0 Å². The number of imidazole rings is 2. The number of H-pyrrole nitrogens is 1. The lowest BCUT2D eigenvalue weighted by molar-refractivity contribution is 0.0595. The molecule has 3 N–H and O–H groups in total. The summed E-state index contributed by atoms with van der Waals surface area (Å²) >= 11 is 0. The first-order valence-electron chi connectivity index (χ1n) is 5.02. The molecule has 2 heterocycles. The van der Waals surface area contributed by atoms with Crippen molar-refractivity contribution in [2.75, 3.05) is 12.8 Å². The fourth-order valence-corrected chi connectivity index (χ4v) is 1.56. The Kier molecular flexibility index (Phi) is 2.82. The molecule has 0 aliphatic carbocycles. The van der Waals surface area contributed by atoms with Gasteiger partial charge in [0.05, 0.1) is 13.7 Å². The number of methoxy groups -OCH3 is 1. The second kappa shape index (κ2) is 4.28. The van der Waals surface area contributed by atoms with Crippen LogP contribution >= 0.6 is 0 Å². The van der Waals surface area contributed by atoms with Gasteiger partial charge in [-0.1, -0.05) is 0 Å². The van der Waals surface area contributed by atoms with Gasteiger partial charge in [0.15, 0.2) is 5.69 Å². The van der Waals surface area contributed by atoms with Gasteiger partial charge in [0, 0.05) is 12.4 Å². The number of aromatic amines is 1. The Morgan fingerprint density at radius 3 is 3.00 bits per heavy atom. The Hall–Kier alpha value is -2.31. The van der Waals surface area contributed by atoms with Gasteiger partial charge in [-0.05, 0) is 6.92 Å². The smallest absolute Gasteiger partial charge is 0.360 e. The predicted octanol–water partition coefficient (Wildman–Crippen LogP) is 0.332. The molecular weight excluding hydrogens is 222 g/mol. The van der Waals surface area contributed by atoms with Crippen molar-refractivity contribution in [2.45, 2.75) is 13.5 Å². The molecule has 7 nitrogen and oxygen atoms in total. The van der Waals surface area contributed by atoms with Crippen molar-refractivity contribution in [3.05, 3.63) is 29.7 Å². The summed E-state index contributed by atoms with van der Waals surface area (Å²) in [5.74, 6) is 1.13. The molecule has 7 heteroatoms. The van der Waals surface area contributed by atoms with Gasteiger partial charge in [-0.25, -0.2) is 14.8 Å². The van der Waals surface area contributed by atoms with Gasteiger partial charge < -0.3 is 20.0 Å². The van der Waals surface area contributed by atoms with Gasteiger partial charge >= 0.3 is 5.97 Å². The Labute approximate surface area is 97.6 Å². The van der Waals surface area contributed by atoms with Crippen molar-refractivity contribution in [2.24, 2.45) is 0 Å². The topological polar surface area (TPSA) is 98.8 Å². The lowest BCUT2D eigenvalue weighted by Crippen LogP contribution is -2.10. The highest BCUT2D eigenvalue weighted by molar-refractivity contribution is 5.92. The monoisotopic (exact) mass is 235 g/mol. The normalized spacial score (nSPS) is 10.5. The van der Waals surface area contributed by atoms with Crippen LogP contribution in [0.25, 0.3) is 0 Å². The third-order valence-electron chi connectivity index (χ3n) is 2.44. The molecule has 2 aromatic rings. The summed E-state index contributed by atoms with van der Waals surface area (Å²) in [6, 6.07) is 0. The van der Waals surface area contributed by atoms with E-state index in [4.69, 9.17) is 5.73 Å². The van der Waals surface area contributed by atoms with Gasteiger partial charge in [-0.2, -0.15) is 0 Å². The summed E-state index contributed by atoms with van der Waals surface area (Å²) < 4.78 is 6.30. The Morgan fingerprint density at radius 2 is 2.41 bits per heavy atom. The van der Waals surface area contributed by atoms with Crippen LogP contribution in [0.3, 0.4) is 0 Å². The number of aromatic nitrogens is 4. The number of carbonyl (C=O) groups is 1. The molecule has 0 atom stereocenters. The maximum atomic E-state index is 11.4. The van der Waals surface area contributed by atoms with E-state index < -0.39 is 5.97 Å². The first-order chi connectivity index (χ1) is 8.13. The number of carbonyl (C=O) groups excluding carboxylic acids is 1. The summed E-state index contributed by atoms with van der Waals surface area (Å²) in [7, 11) is 1.29. The number of aryl methyl sites for hydroxylation is 1. The summed E-state index contributed by atoms with van der Waals surface area (Å²) in [5.41, 5.74) is 5.99. The average Bonchev–Trinajstić information content (AvgIpc) is 2.91. The largest absolute Gasteiger partial charge is 0.464 e. The van der Waals surface area contributed by atoms with Crippen molar-refractivity contribution in [1.82, 2.24) is 19.5 Å². The summed E-state index contributed by atoms with van der Waals surface area (Å²) in [6.07, 6.45) is 3.37. The highest BCUT2D eigenvalue weighted by Gasteiger charge is 2.19. The van der Waals surface area contributed by atoms with Gasteiger partial charge in [0.25, 0.3) is 0 Å². The number of nitrogen functional groups attached to an aromatic ring is 1. The van der Waals surface area contributed by atoms with Crippen LogP contribution in [0.1, 0.15) is 22.1 Å². The summed E-state index contributed by atoms with van der Waals surface area (Å²) in [4.78, 5) is 22.5. The third-order valence-corrected chi connectivity index (χ3v) is 2.44. The van der Waals surface area contributed by atoms with Crippen molar-refractivity contribution < 1.29 is 9.53 Å². The van der Waals surface area contributed by atoms with E-state index in [1.165, 1.54) is 7.11 Å². The molecule has 0 spiro atoms. The number of hydrogen-bond donors (Lipinski definition) is 2. The molecule has 0 unspecified atom stereocenters. The molecule has 0 bridgehead atoms. The second-order valence-corrected chi connectivity index (χ2v) is 3.51. The fourth-order valence-electron chi connectivity index (χ4n) is 1.56. The molecule has 17 heavy (non-hydrogen) atoms. The maximum Gasteiger partial charge on any atom is 0.360 e. The number of esters is 1. The van der Waals surface area contributed by atoms with E-state index in [1.807, 2.05) is 0 Å². The van der Waals surface area contributed by atoms with E-state index in [9.17, 15) is 4.79 Å². The molecule has 0 aliphatic rings. The molecule has 0 aromatic carbocycles. The molecule has 0 saturated carbocycles. The minimum absolute atomic E-state index is 0.136. The summed E-state index contributed by atoms with van der Waals surface area (Å²) in [6.45, 7) is 2.21. The average molecular weight is 235 g/mol. The van der Waals surface area contributed by atoms with Crippen molar-refractivity contribution in [1.29, 1.82) is 0 Å². The van der Waals surface area contributed by atoms with E-state index >= 15 is 0 Å². The molecular formula is C10H13N5O2. The second-order valence-electron chi connectivity index (χ2n) is 3.51. The summed E-state index contributed by atoms with van der Waals surface area (Å²) in [5, 5.41) is 0. The minimum Gasteiger partial charge on any atom is -0.464 e. The SMILES string of the molecule is COC(=O)c1nc(C)n(Cc2ncc[nH]2)c1N. The number of rotatable bonds is 3. The quantitative estimate of drug-likeness (QED) is 0.747. The minimum atomic E-state index is -0.538. The molecule has 0 aliphatic heterocycles. The first-order valence-corrected chi connectivity index (χ1v) is 5.02. The third kappa shape index (κ3) is 1.99. The molecule has 90 valence electrons. The molecule has 0 amide bonds. The van der Waals surface area contributed by atoms with Crippen molar-refractivity contribution in [3.63, 3.8) is 0 Å². The van der Waals surface area contributed by atoms with Gasteiger partial charge in [-0.15, -0.1) is 0 Å². The van der Waals surface area contributed by atoms with E-state index in [2.05, 4.69) is 19.7 Å². The number of ether oxygens (including phenoxy) is 1. The zero-order valence-corrected chi connectivity index (χ0v) is 9.60. The number of anilines is 1. The molecule has 0 fully saturated rings. The van der Waals surface area contributed by atoms with Crippen LogP contribution in [0.5, 0.6) is 0 Å². The van der Waals surface area contributed by atoms with Gasteiger partial charge in [0.2, 0.25) is 0 Å². The van der Waals surface area contributed by atoms with E-state index in [1.54, 1.807) is 23.9 Å². The highest BCUT2D eigenvalue weighted by Crippen LogP contribution is 2.16. The lowest BCUT2D eigenvalue weighted by Gasteiger charge is -2.05. The fraction of sp³-hybridized carbons (Fsp3) is 0.300. The first kappa shape index (κ1) is 11.2. The Morgan fingerprint density at radius 1 is 1.65 bits per heavy atom. The van der Waals surface area contributed by atoms with E-state index in [-0.39, 0.29) is 11.5 Å². The molecule has 2 aromatic heterocycles. The van der Waals surface area contributed by atoms with E-state index in [0.29, 0.717) is 12.4 Å². The van der Waals surface area contributed by atoms with Crippen molar-refractivity contribution in [3.8, 4) is 0 Å². The molecule has 0 radical (unpaired) electrons. The predicted molar refractivity (Wildman–Crippen MR) is 60.4 cm³/mol. The Bertz CT molecular complexity index is 529. The van der Waals surface area contributed by atoms with Gasteiger partial charge in [0.1, 0.15) is 17.5 Å². The Balaban J connectivity index is 2.35. The number of nitrogens with zero attached hydrogens (tertiary/aromatic N) is 3. The number of hydrogen-bond acceptors (Lipinski definition) is 5. The van der Waals surface area contributed by atoms with Crippen LogP contribution in [0.15, 0.2) is 12.4 Å². The van der Waals surface area contributed by atoms with Gasteiger partial charge in [-0.3, -0.25) is 0 Å². The number of nitrogens with two attached hydrogens (primary N) is 1. The van der Waals surface area contributed by atoms with Crippen LogP contribution < -0.4 is 5.73 Å².